The standard InChI is InChI=1S/C20H21N3O2/c1-4-25-19-11-6-5-9-18(19)22-13-16(12-21)20(24)23-17-10-7-8-14(2)15(17)3/h5-11,13,22H,4H2,1-3H3,(H,23,24)/b16-13-. The number of amides is 1. The SMILES string of the molecule is CCOc1ccccc1N/C=C(/C#N)C(=O)Nc1cccc(C)c1C. The Kier molecular flexibility index (Phi) is 6.19. The molecule has 2 rings (SSSR count). The van der Waals surface area contributed by atoms with Gasteiger partial charge in [-0.25, -0.2) is 0 Å². The molecule has 1 amide bonds. The first-order chi connectivity index (χ1) is 12.1. The normalized spacial score (nSPS) is 10.7. The topological polar surface area (TPSA) is 74.1 Å². The zero-order valence-electron chi connectivity index (χ0n) is 14.6. The molecule has 0 aromatic heterocycles. The van der Waals surface area contributed by atoms with Crippen LogP contribution in [0.1, 0.15) is 18.1 Å². The lowest BCUT2D eigenvalue weighted by Gasteiger charge is -2.11. The molecule has 0 saturated carbocycles. The second-order valence-corrected chi connectivity index (χ2v) is 5.44. The Labute approximate surface area is 147 Å². The maximum atomic E-state index is 12.4. The second-order valence-electron chi connectivity index (χ2n) is 5.44. The van der Waals surface area contributed by atoms with Gasteiger partial charge in [0.05, 0.1) is 12.3 Å². The van der Waals surface area contributed by atoms with Gasteiger partial charge >= 0.3 is 0 Å². The van der Waals surface area contributed by atoms with Gasteiger partial charge in [-0.05, 0) is 50.1 Å². The minimum atomic E-state index is -0.461. The number of benzene rings is 2. The van der Waals surface area contributed by atoms with Crippen LogP contribution in [0.4, 0.5) is 11.4 Å². The summed E-state index contributed by atoms with van der Waals surface area (Å²) in [7, 11) is 0. The number of carbonyl (C=O) groups is 1. The largest absolute Gasteiger partial charge is 0.492 e. The van der Waals surface area contributed by atoms with Gasteiger partial charge in [0.2, 0.25) is 0 Å². The molecule has 25 heavy (non-hydrogen) atoms. The van der Waals surface area contributed by atoms with Crippen molar-refractivity contribution in [1.82, 2.24) is 0 Å². The summed E-state index contributed by atoms with van der Waals surface area (Å²) in [5, 5.41) is 15.0. The van der Waals surface area contributed by atoms with Crippen LogP contribution in [0.5, 0.6) is 5.75 Å². The quantitative estimate of drug-likeness (QED) is 0.614. The first-order valence-electron chi connectivity index (χ1n) is 8.03. The molecule has 2 N–H and O–H groups in total. The average Bonchev–Trinajstić information content (AvgIpc) is 2.61. The first kappa shape index (κ1) is 18.1. The van der Waals surface area contributed by atoms with E-state index in [1.54, 1.807) is 0 Å². The van der Waals surface area contributed by atoms with Gasteiger partial charge in [0, 0.05) is 11.9 Å². The third kappa shape index (κ3) is 4.61. The Bertz CT molecular complexity index is 835. The Balaban J connectivity index is 2.16. The minimum Gasteiger partial charge on any atom is -0.492 e. The molecule has 5 nitrogen and oxygen atoms in total. The number of ether oxygens (including phenoxy) is 1. The molecular formula is C20H21N3O2. The highest BCUT2D eigenvalue weighted by Crippen LogP contribution is 2.24. The highest BCUT2D eigenvalue weighted by molar-refractivity contribution is 6.07. The molecule has 0 radical (unpaired) electrons. The van der Waals surface area contributed by atoms with E-state index in [1.807, 2.05) is 69.3 Å². The third-order valence-corrected chi connectivity index (χ3v) is 3.78. The van der Waals surface area contributed by atoms with Gasteiger partial charge in [0.25, 0.3) is 5.91 Å². The molecule has 0 spiro atoms. The summed E-state index contributed by atoms with van der Waals surface area (Å²) < 4.78 is 5.51. The van der Waals surface area contributed by atoms with E-state index in [4.69, 9.17) is 4.74 Å². The average molecular weight is 335 g/mol. The molecule has 2 aromatic carbocycles. The smallest absolute Gasteiger partial charge is 0.267 e. The number of nitrogens with one attached hydrogen (secondary N) is 2. The Morgan fingerprint density at radius 2 is 1.88 bits per heavy atom. The molecule has 0 unspecified atom stereocenters. The van der Waals surface area contributed by atoms with Gasteiger partial charge in [-0.15, -0.1) is 0 Å². The molecule has 0 bridgehead atoms. The zero-order chi connectivity index (χ0) is 18.2. The van der Waals surface area contributed by atoms with Gasteiger partial charge in [0.15, 0.2) is 0 Å². The lowest BCUT2D eigenvalue weighted by Crippen LogP contribution is -2.15. The molecular weight excluding hydrogens is 314 g/mol. The van der Waals surface area contributed by atoms with Crippen LogP contribution in [0.15, 0.2) is 54.2 Å². The number of nitriles is 1. The van der Waals surface area contributed by atoms with E-state index >= 15 is 0 Å². The second kappa shape index (κ2) is 8.55. The number of nitrogens with zero attached hydrogens (tertiary/aromatic N) is 1. The number of carbonyl (C=O) groups excluding carboxylic acids is 1. The number of rotatable bonds is 6. The Hall–Kier alpha value is -3.26. The fourth-order valence-electron chi connectivity index (χ4n) is 2.24. The summed E-state index contributed by atoms with van der Waals surface area (Å²) in [4.78, 5) is 12.4. The molecule has 0 heterocycles. The van der Waals surface area contributed by atoms with Gasteiger partial charge in [-0.3, -0.25) is 4.79 Å². The first-order valence-corrected chi connectivity index (χ1v) is 8.03. The van der Waals surface area contributed by atoms with Crippen LogP contribution in [0.2, 0.25) is 0 Å². The van der Waals surface area contributed by atoms with Gasteiger partial charge in [-0.1, -0.05) is 24.3 Å². The number of hydrogen-bond acceptors (Lipinski definition) is 4. The van der Waals surface area contributed by atoms with Crippen molar-refractivity contribution in [3.63, 3.8) is 0 Å². The van der Waals surface area contributed by atoms with Crippen molar-refractivity contribution < 1.29 is 9.53 Å². The van der Waals surface area contributed by atoms with E-state index in [1.165, 1.54) is 6.20 Å². The monoisotopic (exact) mass is 335 g/mol. The number of aryl methyl sites for hydroxylation is 1. The summed E-state index contributed by atoms with van der Waals surface area (Å²) in [6, 6.07) is 14.9. The summed E-state index contributed by atoms with van der Waals surface area (Å²) in [5.74, 6) is 0.200. The van der Waals surface area contributed by atoms with Crippen molar-refractivity contribution in [1.29, 1.82) is 5.26 Å². The Morgan fingerprint density at radius 3 is 2.60 bits per heavy atom. The molecule has 5 heteroatoms. The predicted molar refractivity (Wildman–Crippen MR) is 99.5 cm³/mol. The summed E-state index contributed by atoms with van der Waals surface area (Å²) >= 11 is 0. The van der Waals surface area contributed by atoms with Crippen molar-refractivity contribution in [2.45, 2.75) is 20.8 Å². The third-order valence-electron chi connectivity index (χ3n) is 3.78. The predicted octanol–water partition coefficient (Wildman–Crippen LogP) is 4.16. The van der Waals surface area contributed by atoms with E-state index in [0.717, 1.165) is 11.1 Å². The van der Waals surface area contributed by atoms with Gasteiger partial charge in [0.1, 0.15) is 17.4 Å². The molecule has 2 aromatic rings. The van der Waals surface area contributed by atoms with Crippen LogP contribution >= 0.6 is 0 Å². The highest BCUT2D eigenvalue weighted by Gasteiger charge is 2.11. The van der Waals surface area contributed by atoms with E-state index in [0.29, 0.717) is 23.7 Å². The summed E-state index contributed by atoms with van der Waals surface area (Å²) in [6.45, 7) is 6.32. The molecule has 0 atom stereocenters. The molecule has 0 aliphatic heterocycles. The van der Waals surface area contributed by atoms with Crippen LogP contribution < -0.4 is 15.4 Å². The van der Waals surface area contributed by atoms with Crippen LogP contribution in [0, 0.1) is 25.2 Å². The van der Waals surface area contributed by atoms with Crippen LogP contribution in [-0.4, -0.2) is 12.5 Å². The van der Waals surface area contributed by atoms with E-state index in [9.17, 15) is 10.1 Å². The van der Waals surface area contributed by atoms with Crippen molar-refractivity contribution in [2.75, 3.05) is 17.2 Å². The van der Waals surface area contributed by atoms with Crippen LogP contribution in [0.25, 0.3) is 0 Å². The molecule has 128 valence electrons. The number of hydrogen-bond donors (Lipinski definition) is 2. The zero-order valence-corrected chi connectivity index (χ0v) is 14.6. The Morgan fingerprint density at radius 1 is 1.16 bits per heavy atom. The molecule has 0 aliphatic rings. The van der Waals surface area contributed by atoms with Crippen LogP contribution in [-0.2, 0) is 4.79 Å². The summed E-state index contributed by atoms with van der Waals surface area (Å²) in [6.07, 6.45) is 1.39. The maximum Gasteiger partial charge on any atom is 0.267 e. The van der Waals surface area contributed by atoms with E-state index in [2.05, 4.69) is 10.6 Å². The maximum absolute atomic E-state index is 12.4. The van der Waals surface area contributed by atoms with Gasteiger partial charge in [-0.2, -0.15) is 5.26 Å². The highest BCUT2D eigenvalue weighted by atomic mass is 16.5. The fraction of sp³-hybridized carbons (Fsp3) is 0.200. The molecule has 0 saturated heterocycles. The van der Waals surface area contributed by atoms with Crippen LogP contribution in [0.3, 0.4) is 0 Å². The van der Waals surface area contributed by atoms with Crippen molar-refractivity contribution in [2.24, 2.45) is 0 Å². The fourth-order valence-corrected chi connectivity index (χ4v) is 2.24. The van der Waals surface area contributed by atoms with Crippen molar-refractivity contribution in [3.05, 3.63) is 65.4 Å². The number of para-hydroxylation sites is 2. The van der Waals surface area contributed by atoms with Gasteiger partial charge < -0.3 is 15.4 Å². The molecule has 0 aliphatic carbocycles. The number of anilines is 2. The van der Waals surface area contributed by atoms with E-state index in [-0.39, 0.29) is 5.57 Å². The van der Waals surface area contributed by atoms with Crippen molar-refractivity contribution >= 4 is 17.3 Å². The lowest BCUT2D eigenvalue weighted by atomic mass is 10.1. The molecule has 0 fully saturated rings. The summed E-state index contributed by atoms with van der Waals surface area (Å²) in [5.41, 5.74) is 3.41. The minimum absolute atomic E-state index is 0.0211. The van der Waals surface area contributed by atoms with Crippen molar-refractivity contribution in [3.8, 4) is 11.8 Å². The lowest BCUT2D eigenvalue weighted by molar-refractivity contribution is -0.112. The van der Waals surface area contributed by atoms with E-state index < -0.39 is 5.91 Å².